The summed E-state index contributed by atoms with van der Waals surface area (Å²) in [6.45, 7) is 10.1. The Morgan fingerprint density at radius 2 is 2.06 bits per heavy atom. The van der Waals surface area contributed by atoms with Crippen LogP contribution in [0.15, 0.2) is 6.07 Å². The largest absolute Gasteiger partial charge is 0.472 e. The molecule has 0 saturated carbocycles. The van der Waals surface area contributed by atoms with Crippen molar-refractivity contribution >= 4 is 5.82 Å². The number of aromatic nitrogens is 2. The van der Waals surface area contributed by atoms with Crippen LogP contribution in [-0.2, 0) is 11.2 Å². The second-order valence-corrected chi connectivity index (χ2v) is 3.98. The van der Waals surface area contributed by atoms with Gasteiger partial charge in [-0.05, 0) is 20.8 Å². The number of hydrogen-bond donors (Lipinski definition) is 1. The van der Waals surface area contributed by atoms with Crippen molar-refractivity contribution in [2.75, 3.05) is 25.1 Å². The maximum atomic E-state index is 5.73. The van der Waals surface area contributed by atoms with Crippen LogP contribution < -0.4 is 10.1 Å². The topological polar surface area (TPSA) is 56.3 Å². The molecule has 0 fully saturated rings. The molecule has 1 aromatic heterocycles. The Morgan fingerprint density at radius 1 is 1.28 bits per heavy atom. The molecule has 0 aromatic carbocycles. The average Bonchev–Trinajstić information content (AvgIpc) is 2.36. The fourth-order valence-electron chi connectivity index (χ4n) is 1.49. The summed E-state index contributed by atoms with van der Waals surface area (Å²) in [5.41, 5.74) is 0. The average molecular weight is 253 g/mol. The molecule has 1 N–H and O–H groups in total. The number of nitrogens with one attached hydrogen (secondary N) is 1. The van der Waals surface area contributed by atoms with Crippen LogP contribution in [-0.4, -0.2) is 35.8 Å². The quantitative estimate of drug-likeness (QED) is 0.770. The van der Waals surface area contributed by atoms with Crippen molar-refractivity contribution in [1.82, 2.24) is 9.97 Å². The van der Waals surface area contributed by atoms with E-state index < -0.39 is 0 Å². The van der Waals surface area contributed by atoms with E-state index in [4.69, 9.17) is 9.47 Å². The zero-order valence-electron chi connectivity index (χ0n) is 11.7. The lowest BCUT2D eigenvalue weighted by atomic mass is 10.4. The molecule has 102 valence electrons. The van der Waals surface area contributed by atoms with Crippen LogP contribution in [0.4, 0.5) is 5.82 Å². The summed E-state index contributed by atoms with van der Waals surface area (Å²) in [6, 6.07) is 1.82. The van der Waals surface area contributed by atoms with Crippen molar-refractivity contribution in [1.29, 1.82) is 0 Å². The van der Waals surface area contributed by atoms with E-state index in [0.29, 0.717) is 19.1 Å². The minimum Gasteiger partial charge on any atom is -0.472 e. The van der Waals surface area contributed by atoms with Crippen LogP contribution in [0.1, 0.15) is 33.5 Å². The number of hydrogen-bond acceptors (Lipinski definition) is 5. The van der Waals surface area contributed by atoms with Crippen LogP contribution in [0.5, 0.6) is 5.88 Å². The Morgan fingerprint density at radius 3 is 2.67 bits per heavy atom. The van der Waals surface area contributed by atoms with E-state index in [1.165, 1.54) is 0 Å². The van der Waals surface area contributed by atoms with E-state index in [1.54, 1.807) is 0 Å². The summed E-state index contributed by atoms with van der Waals surface area (Å²) < 4.78 is 11.0. The van der Waals surface area contributed by atoms with E-state index >= 15 is 0 Å². The van der Waals surface area contributed by atoms with Gasteiger partial charge in [-0.15, -0.1) is 0 Å². The van der Waals surface area contributed by atoms with Gasteiger partial charge in [0.15, 0.2) is 0 Å². The lowest BCUT2D eigenvalue weighted by Gasteiger charge is -2.15. The van der Waals surface area contributed by atoms with Crippen LogP contribution in [0.25, 0.3) is 0 Å². The molecule has 1 heterocycles. The van der Waals surface area contributed by atoms with E-state index in [0.717, 1.165) is 24.6 Å². The van der Waals surface area contributed by atoms with Crippen molar-refractivity contribution in [3.05, 3.63) is 11.9 Å². The molecule has 18 heavy (non-hydrogen) atoms. The van der Waals surface area contributed by atoms with Gasteiger partial charge in [0.25, 0.3) is 0 Å². The number of aryl methyl sites for hydroxylation is 1. The smallest absolute Gasteiger partial charge is 0.219 e. The highest BCUT2D eigenvalue weighted by Gasteiger charge is 2.08. The Labute approximate surface area is 109 Å². The van der Waals surface area contributed by atoms with E-state index in [-0.39, 0.29) is 6.10 Å². The van der Waals surface area contributed by atoms with Crippen molar-refractivity contribution in [2.24, 2.45) is 0 Å². The van der Waals surface area contributed by atoms with Gasteiger partial charge in [-0.1, -0.05) is 6.92 Å². The van der Waals surface area contributed by atoms with Gasteiger partial charge >= 0.3 is 0 Å². The second-order valence-electron chi connectivity index (χ2n) is 3.98. The van der Waals surface area contributed by atoms with Gasteiger partial charge in [0.1, 0.15) is 17.7 Å². The van der Waals surface area contributed by atoms with Crippen molar-refractivity contribution in [2.45, 2.75) is 40.2 Å². The molecule has 0 aliphatic rings. The standard InChI is InChI=1S/C13H23N3O2/c1-5-11-15-12(14-6-2)8-13(16-11)18-10(4)9-17-7-3/h8,10H,5-7,9H2,1-4H3,(H,14,15,16). The molecule has 1 atom stereocenters. The number of ether oxygens (including phenoxy) is 2. The first-order valence-corrected chi connectivity index (χ1v) is 6.55. The first-order valence-electron chi connectivity index (χ1n) is 6.55. The third-order valence-electron chi connectivity index (χ3n) is 2.30. The molecule has 0 radical (unpaired) electrons. The van der Waals surface area contributed by atoms with Gasteiger partial charge < -0.3 is 14.8 Å². The summed E-state index contributed by atoms with van der Waals surface area (Å²) in [5.74, 6) is 2.19. The third kappa shape index (κ3) is 4.87. The number of nitrogens with zero attached hydrogens (tertiary/aromatic N) is 2. The first kappa shape index (κ1) is 14.7. The first-order chi connectivity index (χ1) is 8.69. The summed E-state index contributed by atoms with van der Waals surface area (Å²) in [7, 11) is 0. The van der Waals surface area contributed by atoms with Gasteiger partial charge in [-0.3, -0.25) is 0 Å². The van der Waals surface area contributed by atoms with Gasteiger partial charge in [-0.2, -0.15) is 4.98 Å². The van der Waals surface area contributed by atoms with Gasteiger partial charge in [0, 0.05) is 25.6 Å². The second kappa shape index (κ2) is 7.87. The molecule has 1 unspecified atom stereocenters. The maximum absolute atomic E-state index is 5.73. The van der Waals surface area contributed by atoms with Gasteiger partial charge in [0.2, 0.25) is 5.88 Å². The van der Waals surface area contributed by atoms with Gasteiger partial charge in [-0.25, -0.2) is 4.98 Å². The summed E-state index contributed by atoms with van der Waals surface area (Å²) in [4.78, 5) is 8.73. The molecule has 0 saturated heterocycles. The van der Waals surface area contributed by atoms with Crippen molar-refractivity contribution in [3.8, 4) is 5.88 Å². The fraction of sp³-hybridized carbons (Fsp3) is 0.692. The normalized spacial score (nSPS) is 12.2. The molecule has 0 spiro atoms. The highest BCUT2D eigenvalue weighted by molar-refractivity contribution is 5.38. The Hall–Kier alpha value is -1.36. The third-order valence-corrected chi connectivity index (χ3v) is 2.30. The van der Waals surface area contributed by atoms with Crippen LogP contribution >= 0.6 is 0 Å². The fourth-order valence-corrected chi connectivity index (χ4v) is 1.49. The van der Waals surface area contributed by atoms with E-state index in [1.807, 2.05) is 33.8 Å². The molecular formula is C13H23N3O2. The summed E-state index contributed by atoms with van der Waals surface area (Å²) >= 11 is 0. The molecular weight excluding hydrogens is 230 g/mol. The lowest BCUT2D eigenvalue weighted by Crippen LogP contribution is -2.20. The molecule has 5 nitrogen and oxygen atoms in total. The molecule has 5 heteroatoms. The SMILES string of the molecule is CCNc1cc(OC(C)COCC)nc(CC)n1. The Kier molecular flexibility index (Phi) is 6.43. The maximum Gasteiger partial charge on any atom is 0.219 e. The predicted molar refractivity (Wildman–Crippen MR) is 72.2 cm³/mol. The van der Waals surface area contributed by atoms with Crippen LogP contribution in [0, 0.1) is 0 Å². The van der Waals surface area contributed by atoms with Crippen molar-refractivity contribution in [3.63, 3.8) is 0 Å². The lowest BCUT2D eigenvalue weighted by molar-refractivity contribution is 0.0632. The van der Waals surface area contributed by atoms with E-state index in [2.05, 4.69) is 15.3 Å². The van der Waals surface area contributed by atoms with E-state index in [9.17, 15) is 0 Å². The minimum absolute atomic E-state index is 0.0148. The number of anilines is 1. The zero-order valence-corrected chi connectivity index (χ0v) is 11.7. The Bertz CT molecular complexity index is 358. The Balaban J connectivity index is 2.71. The highest BCUT2D eigenvalue weighted by atomic mass is 16.5. The highest BCUT2D eigenvalue weighted by Crippen LogP contribution is 2.15. The molecule has 0 amide bonds. The zero-order chi connectivity index (χ0) is 13.4. The summed E-state index contributed by atoms with van der Waals surface area (Å²) in [5, 5.41) is 3.18. The van der Waals surface area contributed by atoms with Crippen molar-refractivity contribution < 1.29 is 9.47 Å². The monoisotopic (exact) mass is 253 g/mol. The molecule has 0 aliphatic carbocycles. The minimum atomic E-state index is -0.0148. The molecule has 0 bridgehead atoms. The van der Waals surface area contributed by atoms with Crippen LogP contribution in [0.3, 0.4) is 0 Å². The van der Waals surface area contributed by atoms with Gasteiger partial charge in [0.05, 0.1) is 6.61 Å². The molecule has 1 aromatic rings. The molecule has 0 aliphatic heterocycles. The number of rotatable bonds is 8. The summed E-state index contributed by atoms with van der Waals surface area (Å²) in [6.07, 6.45) is 0.772. The van der Waals surface area contributed by atoms with Crippen LogP contribution in [0.2, 0.25) is 0 Å². The molecule has 1 rings (SSSR count). The predicted octanol–water partition coefficient (Wildman–Crippen LogP) is 2.27.